The van der Waals surface area contributed by atoms with Crippen LogP contribution in [0.25, 0.3) is 5.65 Å². The predicted molar refractivity (Wildman–Crippen MR) is 90.2 cm³/mol. The number of amides is 1. The number of aryl methyl sites for hydroxylation is 2. The van der Waals surface area contributed by atoms with Gasteiger partial charge in [0.2, 0.25) is 0 Å². The summed E-state index contributed by atoms with van der Waals surface area (Å²) in [5.41, 5.74) is 3.42. The fraction of sp³-hybridized carbons (Fsp3) is 0.294. The van der Waals surface area contributed by atoms with E-state index in [1.165, 1.54) is 16.2 Å². The smallest absolute Gasteiger partial charge is 0.270 e. The number of pyridine rings is 1. The lowest BCUT2D eigenvalue weighted by Crippen LogP contribution is -2.32. The molecule has 0 aliphatic carbocycles. The molecule has 7 heteroatoms. The molecule has 7 nitrogen and oxygen atoms in total. The van der Waals surface area contributed by atoms with E-state index in [2.05, 4.69) is 20.5 Å². The molecule has 3 heterocycles. The number of carbonyl (C=O) groups is 1. The van der Waals surface area contributed by atoms with Gasteiger partial charge in [-0.2, -0.15) is 5.10 Å². The Hall–Kier alpha value is -2.96. The molecule has 1 amide bonds. The van der Waals surface area contributed by atoms with Crippen molar-refractivity contribution in [3.8, 4) is 0 Å². The highest BCUT2D eigenvalue weighted by atomic mass is 16.2. The van der Waals surface area contributed by atoms with E-state index in [9.17, 15) is 9.59 Å². The first-order valence-corrected chi connectivity index (χ1v) is 7.83. The van der Waals surface area contributed by atoms with E-state index in [0.29, 0.717) is 12.2 Å². The largest absolute Gasteiger partial charge is 0.352 e. The molecule has 0 spiro atoms. The van der Waals surface area contributed by atoms with Crippen LogP contribution in [0.4, 0.5) is 0 Å². The number of H-pyrrole nitrogens is 1. The minimum Gasteiger partial charge on any atom is -0.352 e. The van der Waals surface area contributed by atoms with E-state index in [4.69, 9.17) is 0 Å². The Labute approximate surface area is 138 Å². The zero-order valence-corrected chi connectivity index (χ0v) is 13.7. The fourth-order valence-electron chi connectivity index (χ4n) is 2.69. The maximum absolute atomic E-state index is 12.3. The second-order valence-electron chi connectivity index (χ2n) is 5.68. The van der Waals surface area contributed by atoms with Crippen LogP contribution in [-0.4, -0.2) is 32.0 Å². The fourth-order valence-corrected chi connectivity index (χ4v) is 2.69. The Morgan fingerprint density at radius 3 is 2.92 bits per heavy atom. The molecule has 24 heavy (non-hydrogen) atoms. The Balaban J connectivity index is 1.63. The van der Waals surface area contributed by atoms with Gasteiger partial charge in [0, 0.05) is 24.6 Å². The first kappa shape index (κ1) is 15.9. The van der Waals surface area contributed by atoms with Gasteiger partial charge >= 0.3 is 0 Å². The summed E-state index contributed by atoms with van der Waals surface area (Å²) < 4.78 is 1.37. The molecule has 0 saturated heterocycles. The molecular formula is C17H19N5O2. The van der Waals surface area contributed by atoms with Gasteiger partial charge in [-0.15, -0.1) is 0 Å². The molecule has 3 aromatic rings. The molecule has 0 aromatic carbocycles. The van der Waals surface area contributed by atoms with E-state index in [1.807, 2.05) is 13.8 Å². The number of fused-ring (bicyclic) bond motifs is 1. The van der Waals surface area contributed by atoms with Gasteiger partial charge in [-0.25, -0.2) is 4.98 Å². The summed E-state index contributed by atoms with van der Waals surface area (Å²) in [5.74, 6) is -0.397. The van der Waals surface area contributed by atoms with Crippen LogP contribution in [0.3, 0.4) is 0 Å². The Morgan fingerprint density at radius 2 is 2.17 bits per heavy atom. The van der Waals surface area contributed by atoms with Crippen molar-refractivity contribution in [3.63, 3.8) is 0 Å². The minimum atomic E-state index is -0.397. The first-order chi connectivity index (χ1) is 11.6. The van der Waals surface area contributed by atoms with Gasteiger partial charge in [0.25, 0.3) is 11.5 Å². The summed E-state index contributed by atoms with van der Waals surface area (Å²) in [4.78, 5) is 28.7. The third-order valence-corrected chi connectivity index (χ3v) is 4.03. The summed E-state index contributed by atoms with van der Waals surface area (Å²) in [6.07, 6.45) is 4.53. The maximum atomic E-state index is 12.3. The predicted octanol–water partition coefficient (Wildman–Crippen LogP) is 1.40. The standard InChI is InChI=1S/C17H19N5O2/c1-11-13(12(2)21-20-11)6-5-8-18-16(23)14-10-19-15-7-3-4-9-22(15)17(14)24/h3-4,7,9-10H,5-6,8H2,1-2H3,(H,18,23)(H,20,21). The quantitative estimate of drug-likeness (QED) is 0.694. The summed E-state index contributed by atoms with van der Waals surface area (Å²) in [5, 5.41) is 9.88. The average Bonchev–Trinajstić information content (AvgIpc) is 2.90. The van der Waals surface area contributed by atoms with Crippen molar-refractivity contribution in [2.24, 2.45) is 0 Å². The van der Waals surface area contributed by atoms with Gasteiger partial charge in [-0.1, -0.05) is 6.07 Å². The number of aromatic nitrogens is 4. The van der Waals surface area contributed by atoms with Gasteiger partial charge in [-0.05, 0) is 44.4 Å². The van der Waals surface area contributed by atoms with Gasteiger partial charge in [-0.3, -0.25) is 19.1 Å². The lowest BCUT2D eigenvalue weighted by Gasteiger charge is -2.06. The number of hydrogen-bond donors (Lipinski definition) is 2. The van der Waals surface area contributed by atoms with Gasteiger partial charge in [0.1, 0.15) is 11.2 Å². The molecule has 0 unspecified atom stereocenters. The van der Waals surface area contributed by atoms with Crippen LogP contribution < -0.4 is 10.9 Å². The monoisotopic (exact) mass is 325 g/mol. The maximum Gasteiger partial charge on any atom is 0.270 e. The molecular weight excluding hydrogens is 306 g/mol. The van der Waals surface area contributed by atoms with E-state index >= 15 is 0 Å². The third-order valence-electron chi connectivity index (χ3n) is 4.03. The Kier molecular flexibility index (Phi) is 4.41. The summed E-state index contributed by atoms with van der Waals surface area (Å²) in [6, 6.07) is 5.24. The van der Waals surface area contributed by atoms with Gasteiger partial charge < -0.3 is 5.32 Å². The average molecular weight is 325 g/mol. The molecule has 0 fully saturated rings. The third kappa shape index (κ3) is 3.05. The molecule has 0 bridgehead atoms. The van der Waals surface area contributed by atoms with Crippen molar-refractivity contribution in [2.45, 2.75) is 26.7 Å². The Morgan fingerprint density at radius 1 is 1.33 bits per heavy atom. The van der Waals surface area contributed by atoms with Crippen LogP contribution >= 0.6 is 0 Å². The van der Waals surface area contributed by atoms with Crippen molar-refractivity contribution in [3.05, 3.63) is 63.5 Å². The number of rotatable bonds is 5. The zero-order valence-electron chi connectivity index (χ0n) is 13.7. The second kappa shape index (κ2) is 6.66. The normalized spacial score (nSPS) is 10.9. The van der Waals surface area contributed by atoms with Gasteiger partial charge in [0.15, 0.2) is 0 Å². The van der Waals surface area contributed by atoms with Crippen molar-refractivity contribution >= 4 is 11.6 Å². The van der Waals surface area contributed by atoms with Crippen LogP contribution in [0.2, 0.25) is 0 Å². The number of nitrogens with one attached hydrogen (secondary N) is 2. The molecule has 124 valence electrons. The highest BCUT2D eigenvalue weighted by Gasteiger charge is 2.13. The van der Waals surface area contributed by atoms with Crippen molar-refractivity contribution in [1.82, 2.24) is 24.9 Å². The molecule has 3 aromatic heterocycles. The summed E-state index contributed by atoms with van der Waals surface area (Å²) in [6.45, 7) is 4.43. The minimum absolute atomic E-state index is 0.0503. The van der Waals surface area contributed by atoms with E-state index < -0.39 is 5.91 Å². The molecule has 0 radical (unpaired) electrons. The Bertz CT molecular complexity index is 922. The van der Waals surface area contributed by atoms with Crippen LogP contribution in [0.1, 0.15) is 33.7 Å². The molecule has 3 rings (SSSR count). The van der Waals surface area contributed by atoms with Crippen LogP contribution in [0, 0.1) is 13.8 Å². The van der Waals surface area contributed by atoms with Crippen LogP contribution in [0.5, 0.6) is 0 Å². The molecule has 2 N–H and O–H groups in total. The van der Waals surface area contributed by atoms with E-state index in [0.717, 1.165) is 24.2 Å². The summed E-state index contributed by atoms with van der Waals surface area (Å²) >= 11 is 0. The highest BCUT2D eigenvalue weighted by Crippen LogP contribution is 2.11. The zero-order chi connectivity index (χ0) is 17.1. The molecule has 0 saturated carbocycles. The lowest BCUT2D eigenvalue weighted by molar-refractivity contribution is 0.0951. The topological polar surface area (TPSA) is 92.2 Å². The van der Waals surface area contributed by atoms with Crippen LogP contribution in [-0.2, 0) is 6.42 Å². The van der Waals surface area contributed by atoms with Crippen molar-refractivity contribution < 1.29 is 4.79 Å². The lowest BCUT2D eigenvalue weighted by atomic mass is 10.1. The van der Waals surface area contributed by atoms with E-state index in [-0.39, 0.29) is 11.1 Å². The van der Waals surface area contributed by atoms with E-state index in [1.54, 1.807) is 24.4 Å². The number of aromatic amines is 1. The molecule has 0 atom stereocenters. The number of hydrogen-bond acceptors (Lipinski definition) is 4. The SMILES string of the molecule is Cc1n[nH]c(C)c1CCCNC(=O)c1cnc2ccccn2c1=O. The summed E-state index contributed by atoms with van der Waals surface area (Å²) in [7, 11) is 0. The highest BCUT2D eigenvalue weighted by molar-refractivity contribution is 5.93. The van der Waals surface area contributed by atoms with Crippen molar-refractivity contribution in [2.75, 3.05) is 6.54 Å². The number of nitrogens with zero attached hydrogens (tertiary/aromatic N) is 3. The number of carbonyl (C=O) groups excluding carboxylic acids is 1. The van der Waals surface area contributed by atoms with Gasteiger partial charge in [0.05, 0.1) is 5.69 Å². The molecule has 0 aliphatic rings. The molecule has 0 aliphatic heterocycles. The second-order valence-corrected chi connectivity index (χ2v) is 5.68. The van der Waals surface area contributed by atoms with Crippen LogP contribution in [0.15, 0.2) is 35.4 Å². The van der Waals surface area contributed by atoms with Crippen molar-refractivity contribution in [1.29, 1.82) is 0 Å². The first-order valence-electron chi connectivity index (χ1n) is 7.83.